The van der Waals surface area contributed by atoms with Crippen LogP contribution in [0.15, 0.2) is 47.4 Å². The number of halogens is 2. The number of para-hydroxylation sites is 1. The van der Waals surface area contributed by atoms with Gasteiger partial charge in [0, 0.05) is 34.1 Å². The first kappa shape index (κ1) is 20.1. The molecule has 0 amide bonds. The van der Waals surface area contributed by atoms with Crippen LogP contribution in [0.2, 0.25) is 10.0 Å². The molecule has 0 unspecified atom stereocenters. The third-order valence-electron chi connectivity index (χ3n) is 3.32. The van der Waals surface area contributed by atoms with E-state index in [2.05, 4.69) is 4.72 Å². The summed E-state index contributed by atoms with van der Waals surface area (Å²) in [4.78, 5) is 21.2. The standard InChI is InChI=1S/C15H12Cl2N2O6S/c16-9-5-10(17)7-11(6-9)26(24,25)18-13(8-15(20)21)12-3-1-2-4-14(12)19(22)23/h1-7,13,18H,8H2,(H,20,21)/p-1/t13-/m1/s1. The fraction of sp³-hybridized carbons (Fsp3) is 0.133. The molecule has 11 heteroatoms. The van der Waals surface area contributed by atoms with Gasteiger partial charge in [-0.1, -0.05) is 41.4 Å². The Morgan fingerprint density at radius 1 is 1.15 bits per heavy atom. The van der Waals surface area contributed by atoms with Crippen molar-refractivity contribution in [3.8, 4) is 0 Å². The van der Waals surface area contributed by atoms with Crippen LogP contribution in [0.4, 0.5) is 5.69 Å². The number of nitro benzene ring substituents is 1. The number of hydrogen-bond donors (Lipinski definition) is 1. The maximum absolute atomic E-state index is 12.6. The first-order valence-electron chi connectivity index (χ1n) is 7.02. The quantitative estimate of drug-likeness (QED) is 0.541. The van der Waals surface area contributed by atoms with Crippen LogP contribution in [-0.2, 0) is 14.8 Å². The summed E-state index contributed by atoms with van der Waals surface area (Å²) in [6.07, 6.45) is -0.807. The zero-order valence-electron chi connectivity index (χ0n) is 12.9. The second-order valence-electron chi connectivity index (χ2n) is 5.17. The van der Waals surface area contributed by atoms with Crippen molar-refractivity contribution in [2.45, 2.75) is 17.4 Å². The van der Waals surface area contributed by atoms with Gasteiger partial charge in [-0.3, -0.25) is 10.1 Å². The third kappa shape index (κ3) is 4.92. The number of rotatable bonds is 7. The first-order valence-corrected chi connectivity index (χ1v) is 9.25. The summed E-state index contributed by atoms with van der Waals surface area (Å²) in [5.41, 5.74) is -0.538. The van der Waals surface area contributed by atoms with Gasteiger partial charge in [0.25, 0.3) is 5.69 Å². The molecule has 0 saturated heterocycles. The van der Waals surface area contributed by atoms with Crippen molar-refractivity contribution in [3.05, 3.63) is 68.2 Å². The van der Waals surface area contributed by atoms with Crippen molar-refractivity contribution in [1.82, 2.24) is 4.72 Å². The Morgan fingerprint density at radius 3 is 2.27 bits per heavy atom. The normalized spacial score (nSPS) is 12.5. The molecular formula is C15H11Cl2N2O6S-. The minimum atomic E-state index is -4.27. The molecule has 0 fully saturated rings. The molecule has 0 saturated carbocycles. The number of carboxylic acids is 1. The number of carboxylic acid groups (broad SMARTS) is 1. The Morgan fingerprint density at radius 2 is 1.73 bits per heavy atom. The van der Waals surface area contributed by atoms with Crippen LogP contribution < -0.4 is 9.83 Å². The van der Waals surface area contributed by atoms with E-state index in [0.717, 1.165) is 18.2 Å². The predicted molar refractivity (Wildman–Crippen MR) is 92.2 cm³/mol. The fourth-order valence-electron chi connectivity index (χ4n) is 2.27. The molecule has 2 aromatic rings. The topological polar surface area (TPSA) is 129 Å². The fourth-order valence-corrected chi connectivity index (χ4v) is 4.21. The van der Waals surface area contributed by atoms with Crippen LogP contribution in [0.25, 0.3) is 0 Å². The number of nitro groups is 1. The number of nitrogens with zero attached hydrogens (tertiary/aromatic N) is 1. The molecule has 2 rings (SSSR count). The molecule has 0 radical (unpaired) electrons. The van der Waals surface area contributed by atoms with Gasteiger partial charge < -0.3 is 9.90 Å². The van der Waals surface area contributed by atoms with Gasteiger partial charge in [-0.25, -0.2) is 13.1 Å². The van der Waals surface area contributed by atoms with E-state index >= 15 is 0 Å². The molecule has 0 spiro atoms. The van der Waals surface area contributed by atoms with Gasteiger partial charge >= 0.3 is 0 Å². The van der Waals surface area contributed by atoms with Gasteiger partial charge in [0.05, 0.1) is 15.9 Å². The largest absolute Gasteiger partial charge is 0.550 e. The lowest BCUT2D eigenvalue weighted by Gasteiger charge is -2.20. The van der Waals surface area contributed by atoms with E-state index in [-0.39, 0.29) is 20.5 Å². The summed E-state index contributed by atoms with van der Waals surface area (Å²) in [6.45, 7) is 0. The molecular weight excluding hydrogens is 407 g/mol. The average Bonchev–Trinajstić information content (AvgIpc) is 2.52. The molecule has 0 aliphatic heterocycles. The lowest BCUT2D eigenvalue weighted by atomic mass is 10.0. The Bertz CT molecular complexity index is 944. The summed E-state index contributed by atoms with van der Waals surface area (Å²) < 4.78 is 27.3. The number of carbonyl (C=O) groups excluding carboxylic acids is 1. The highest BCUT2D eigenvalue weighted by Gasteiger charge is 2.27. The maximum atomic E-state index is 12.6. The second-order valence-corrected chi connectivity index (χ2v) is 7.76. The van der Waals surface area contributed by atoms with Gasteiger partial charge in [-0.2, -0.15) is 0 Å². The Hall–Kier alpha value is -2.20. The predicted octanol–water partition coefficient (Wildman–Crippen LogP) is 2.06. The number of benzene rings is 2. The highest BCUT2D eigenvalue weighted by atomic mass is 35.5. The Balaban J connectivity index is 2.49. The van der Waals surface area contributed by atoms with Gasteiger partial charge in [0.15, 0.2) is 0 Å². The van der Waals surface area contributed by atoms with E-state index in [4.69, 9.17) is 23.2 Å². The van der Waals surface area contributed by atoms with Gasteiger partial charge in [0.2, 0.25) is 10.0 Å². The number of nitrogens with one attached hydrogen (secondary N) is 1. The average molecular weight is 418 g/mol. The lowest BCUT2D eigenvalue weighted by Crippen LogP contribution is -2.34. The summed E-state index contributed by atoms with van der Waals surface area (Å²) in [6, 6.07) is 7.34. The maximum Gasteiger partial charge on any atom is 0.274 e. The van der Waals surface area contributed by atoms with E-state index in [1.807, 2.05) is 0 Å². The summed E-state index contributed by atoms with van der Waals surface area (Å²) in [5, 5.41) is 22.3. The number of carbonyl (C=O) groups is 1. The van der Waals surface area contributed by atoms with E-state index in [9.17, 15) is 28.4 Å². The molecule has 8 nitrogen and oxygen atoms in total. The van der Waals surface area contributed by atoms with E-state index < -0.39 is 39.1 Å². The number of aliphatic carboxylic acids is 1. The van der Waals surface area contributed by atoms with E-state index in [0.29, 0.717) is 0 Å². The molecule has 0 bridgehead atoms. The molecule has 1 N–H and O–H groups in total. The van der Waals surface area contributed by atoms with Crippen LogP contribution in [0, 0.1) is 10.1 Å². The minimum Gasteiger partial charge on any atom is -0.550 e. The zero-order valence-corrected chi connectivity index (χ0v) is 15.2. The molecule has 1 atom stereocenters. The number of hydrogen-bond acceptors (Lipinski definition) is 6. The highest BCUT2D eigenvalue weighted by Crippen LogP contribution is 2.29. The number of sulfonamides is 1. The van der Waals surface area contributed by atoms with Crippen molar-refractivity contribution in [2.75, 3.05) is 0 Å². The van der Waals surface area contributed by atoms with Crippen molar-refractivity contribution in [2.24, 2.45) is 0 Å². The van der Waals surface area contributed by atoms with Crippen molar-refractivity contribution < 1.29 is 23.2 Å². The Labute approximate surface area is 158 Å². The monoisotopic (exact) mass is 417 g/mol. The van der Waals surface area contributed by atoms with Gasteiger partial charge in [0.1, 0.15) is 0 Å². The summed E-state index contributed by atoms with van der Waals surface area (Å²) >= 11 is 11.6. The molecule has 0 aliphatic rings. The van der Waals surface area contributed by atoms with Crippen molar-refractivity contribution in [1.29, 1.82) is 0 Å². The SMILES string of the molecule is O=C([O-])C[C@@H](NS(=O)(=O)c1cc(Cl)cc(Cl)c1)c1ccccc1[N+](=O)[O-]. The van der Waals surface area contributed by atoms with Crippen molar-refractivity contribution >= 4 is 44.9 Å². The summed E-state index contributed by atoms with van der Waals surface area (Å²) in [5.74, 6) is -1.58. The minimum absolute atomic E-state index is 0.0556. The lowest BCUT2D eigenvalue weighted by molar-refractivity contribution is -0.385. The van der Waals surface area contributed by atoms with Gasteiger partial charge in [-0.05, 0) is 18.2 Å². The van der Waals surface area contributed by atoms with Crippen LogP contribution in [-0.4, -0.2) is 19.3 Å². The highest BCUT2D eigenvalue weighted by molar-refractivity contribution is 7.89. The third-order valence-corrected chi connectivity index (χ3v) is 5.21. The molecule has 0 aromatic heterocycles. The van der Waals surface area contributed by atoms with Crippen LogP contribution >= 0.6 is 23.2 Å². The Kier molecular flexibility index (Phi) is 6.19. The summed E-state index contributed by atoms with van der Waals surface area (Å²) in [7, 11) is -4.27. The molecule has 138 valence electrons. The van der Waals surface area contributed by atoms with Crippen LogP contribution in [0.1, 0.15) is 18.0 Å². The molecule has 2 aromatic carbocycles. The second kappa shape index (κ2) is 8.00. The van der Waals surface area contributed by atoms with Crippen LogP contribution in [0.5, 0.6) is 0 Å². The first-order chi connectivity index (χ1) is 12.1. The van der Waals surface area contributed by atoms with Crippen molar-refractivity contribution in [3.63, 3.8) is 0 Å². The molecule has 0 heterocycles. The van der Waals surface area contributed by atoms with Gasteiger partial charge in [-0.15, -0.1) is 0 Å². The zero-order chi connectivity index (χ0) is 19.5. The van der Waals surface area contributed by atoms with E-state index in [1.165, 1.54) is 24.3 Å². The smallest absolute Gasteiger partial charge is 0.274 e. The molecule has 0 aliphatic carbocycles. The van der Waals surface area contributed by atoms with E-state index in [1.54, 1.807) is 0 Å². The molecule has 26 heavy (non-hydrogen) atoms. The van der Waals surface area contributed by atoms with Crippen LogP contribution in [0.3, 0.4) is 0 Å².